The van der Waals surface area contributed by atoms with Gasteiger partial charge in [0, 0.05) is 13.1 Å². The van der Waals surface area contributed by atoms with Crippen LogP contribution < -0.4 is 9.64 Å². The van der Waals surface area contributed by atoms with E-state index < -0.39 is 17.2 Å². The van der Waals surface area contributed by atoms with E-state index in [1.165, 1.54) is 7.11 Å². The van der Waals surface area contributed by atoms with E-state index >= 15 is 4.39 Å². The Morgan fingerprint density at radius 3 is 2.32 bits per heavy atom. The Bertz CT molecular complexity index is 1050. The van der Waals surface area contributed by atoms with Crippen LogP contribution in [-0.2, 0) is 4.74 Å². The van der Waals surface area contributed by atoms with Gasteiger partial charge in [-0.05, 0) is 61.1 Å². The van der Waals surface area contributed by atoms with Crippen molar-refractivity contribution in [3.05, 3.63) is 21.4 Å². The molecule has 2 bridgehead atoms. The summed E-state index contributed by atoms with van der Waals surface area (Å²) in [5.41, 5.74) is -0.837. The zero-order valence-corrected chi connectivity index (χ0v) is 19.9. The predicted molar refractivity (Wildman–Crippen MR) is 116 cm³/mol. The third-order valence-corrected chi connectivity index (χ3v) is 6.35. The van der Waals surface area contributed by atoms with Crippen molar-refractivity contribution in [1.82, 2.24) is 14.9 Å². The number of carbonyl (C=O) groups excluding carboxylic acids is 1. The zero-order valence-electron chi connectivity index (χ0n) is 17.5. The number of nitrogens with zero attached hydrogens (tertiary/aromatic N) is 4. The molecule has 3 heterocycles. The molecule has 4 rings (SSSR count). The number of methoxy groups -OCH3 is 1. The topological polar surface area (TPSA) is 67.8 Å². The number of fused-ring (bicyclic) bond motifs is 3. The minimum absolute atomic E-state index is 0.105. The maximum atomic E-state index is 15.3. The van der Waals surface area contributed by atoms with Gasteiger partial charge in [-0.1, -0.05) is 0 Å². The van der Waals surface area contributed by atoms with Crippen molar-refractivity contribution in [3.8, 4) is 5.75 Å². The SMILES string of the molecule is COc1c(Br)c(F)c2nc(Cl)nc(N3CC4CCC(C3)N4C(=O)OC(C)(C)C)c2c1F. The quantitative estimate of drug-likeness (QED) is 0.414. The fourth-order valence-electron chi connectivity index (χ4n) is 4.29. The van der Waals surface area contributed by atoms with Crippen molar-refractivity contribution in [2.75, 3.05) is 25.1 Å². The monoisotopic (exact) mass is 518 g/mol. The third kappa shape index (κ3) is 3.88. The Labute approximate surface area is 191 Å². The Balaban J connectivity index is 1.75. The molecule has 2 saturated heterocycles. The van der Waals surface area contributed by atoms with Crippen LogP contribution in [0.1, 0.15) is 33.6 Å². The second-order valence-corrected chi connectivity index (χ2v) is 9.82. The number of anilines is 1. The number of carbonyl (C=O) groups is 1. The van der Waals surface area contributed by atoms with Crippen LogP contribution in [0.2, 0.25) is 5.28 Å². The number of aromatic nitrogens is 2. The number of ether oxygens (including phenoxy) is 2. The molecule has 11 heteroatoms. The van der Waals surface area contributed by atoms with E-state index in [2.05, 4.69) is 25.9 Å². The highest BCUT2D eigenvalue weighted by Crippen LogP contribution is 2.42. The fraction of sp³-hybridized carbons (Fsp3) is 0.550. The van der Waals surface area contributed by atoms with Crippen molar-refractivity contribution >= 4 is 50.3 Å². The lowest BCUT2D eigenvalue weighted by Gasteiger charge is -2.42. The van der Waals surface area contributed by atoms with Crippen molar-refractivity contribution in [3.63, 3.8) is 0 Å². The number of rotatable bonds is 2. The van der Waals surface area contributed by atoms with E-state index in [4.69, 9.17) is 21.1 Å². The summed E-state index contributed by atoms with van der Waals surface area (Å²) in [6, 6.07) is -0.273. The van der Waals surface area contributed by atoms with Crippen LogP contribution in [0.3, 0.4) is 0 Å². The standard InChI is InChI=1S/C20H22BrClF2N4O3/c1-20(2,3)31-19(29)28-9-5-6-10(28)8-27(7-9)17-11-13(23)16(30-4)12(21)14(24)15(11)25-18(22)26-17/h9-10H,5-8H2,1-4H3. The second kappa shape index (κ2) is 7.88. The first-order chi connectivity index (χ1) is 14.5. The van der Waals surface area contributed by atoms with Gasteiger partial charge in [0.15, 0.2) is 17.4 Å². The molecule has 1 aromatic heterocycles. The molecule has 2 aliphatic rings. The fourth-order valence-corrected chi connectivity index (χ4v) is 4.98. The van der Waals surface area contributed by atoms with E-state index in [9.17, 15) is 9.18 Å². The molecule has 0 aliphatic carbocycles. The molecular formula is C20H22BrClF2N4O3. The molecule has 7 nitrogen and oxygen atoms in total. The highest BCUT2D eigenvalue weighted by molar-refractivity contribution is 9.10. The molecule has 2 unspecified atom stereocenters. The Hall–Kier alpha value is -1.94. The van der Waals surface area contributed by atoms with Gasteiger partial charge in [-0.25, -0.2) is 18.6 Å². The minimum atomic E-state index is -0.783. The maximum absolute atomic E-state index is 15.3. The summed E-state index contributed by atoms with van der Waals surface area (Å²) in [6.07, 6.45) is 1.19. The number of halogens is 4. The van der Waals surface area contributed by atoms with Crippen LogP contribution >= 0.6 is 27.5 Å². The van der Waals surface area contributed by atoms with Crippen LogP contribution in [0.25, 0.3) is 10.9 Å². The zero-order chi connectivity index (χ0) is 22.7. The van der Waals surface area contributed by atoms with Gasteiger partial charge in [0.2, 0.25) is 5.28 Å². The molecule has 168 valence electrons. The van der Waals surface area contributed by atoms with Gasteiger partial charge in [0.05, 0.1) is 24.6 Å². The summed E-state index contributed by atoms with van der Waals surface area (Å²) in [6.45, 7) is 6.23. The van der Waals surface area contributed by atoms with Gasteiger partial charge >= 0.3 is 6.09 Å². The van der Waals surface area contributed by atoms with E-state index in [1.54, 1.807) is 4.90 Å². The van der Waals surface area contributed by atoms with Crippen molar-refractivity contribution in [1.29, 1.82) is 0 Å². The summed E-state index contributed by atoms with van der Waals surface area (Å²) >= 11 is 9.08. The molecular weight excluding hydrogens is 498 g/mol. The molecule has 0 spiro atoms. The van der Waals surface area contributed by atoms with E-state index in [-0.39, 0.29) is 50.4 Å². The normalized spacial score (nSPS) is 21.0. The smallest absolute Gasteiger partial charge is 0.410 e. The first kappa shape index (κ1) is 22.3. The average molecular weight is 520 g/mol. The first-order valence-electron chi connectivity index (χ1n) is 9.85. The highest BCUT2D eigenvalue weighted by Gasteiger charge is 2.45. The Kier molecular flexibility index (Phi) is 5.66. The van der Waals surface area contributed by atoms with Gasteiger partial charge < -0.3 is 14.4 Å². The lowest BCUT2D eigenvalue weighted by Crippen LogP contribution is -2.57. The first-order valence-corrected chi connectivity index (χ1v) is 11.0. The van der Waals surface area contributed by atoms with Gasteiger partial charge in [-0.3, -0.25) is 4.90 Å². The third-order valence-electron chi connectivity index (χ3n) is 5.47. The van der Waals surface area contributed by atoms with Gasteiger partial charge in [0.1, 0.15) is 21.4 Å². The average Bonchev–Trinajstić information content (AvgIpc) is 2.94. The number of hydrogen-bond acceptors (Lipinski definition) is 6. The minimum Gasteiger partial charge on any atom is -0.492 e. The molecule has 1 amide bonds. The molecule has 0 N–H and O–H groups in total. The highest BCUT2D eigenvalue weighted by atomic mass is 79.9. The lowest BCUT2D eigenvalue weighted by molar-refractivity contribution is 0.0123. The lowest BCUT2D eigenvalue weighted by atomic mass is 10.1. The number of piperazine rings is 1. The maximum Gasteiger partial charge on any atom is 0.410 e. The van der Waals surface area contributed by atoms with Crippen molar-refractivity contribution in [2.24, 2.45) is 0 Å². The second-order valence-electron chi connectivity index (χ2n) is 8.69. The molecule has 2 fully saturated rings. The molecule has 31 heavy (non-hydrogen) atoms. The van der Waals surface area contributed by atoms with Crippen LogP contribution in [0.15, 0.2) is 4.47 Å². The number of amides is 1. The van der Waals surface area contributed by atoms with Gasteiger partial charge in [0.25, 0.3) is 0 Å². The molecule has 2 atom stereocenters. The van der Waals surface area contributed by atoms with Crippen LogP contribution in [-0.4, -0.2) is 58.8 Å². The molecule has 1 aromatic carbocycles. The molecule has 2 aromatic rings. The molecule has 0 radical (unpaired) electrons. The largest absolute Gasteiger partial charge is 0.492 e. The van der Waals surface area contributed by atoms with Gasteiger partial charge in [-0.15, -0.1) is 0 Å². The summed E-state index contributed by atoms with van der Waals surface area (Å²) in [4.78, 5) is 24.4. The van der Waals surface area contributed by atoms with E-state index in [0.29, 0.717) is 13.1 Å². The van der Waals surface area contributed by atoms with Gasteiger partial charge in [-0.2, -0.15) is 4.98 Å². The van der Waals surface area contributed by atoms with Crippen molar-refractivity contribution < 1.29 is 23.0 Å². The van der Waals surface area contributed by atoms with E-state index in [1.807, 2.05) is 25.7 Å². The predicted octanol–water partition coefficient (Wildman–Crippen LogP) is 4.92. The Morgan fingerprint density at radius 2 is 1.77 bits per heavy atom. The van der Waals surface area contributed by atoms with Crippen LogP contribution in [0.5, 0.6) is 5.75 Å². The summed E-state index contributed by atoms with van der Waals surface area (Å²) in [5, 5.41) is -0.299. The van der Waals surface area contributed by atoms with Crippen LogP contribution in [0, 0.1) is 11.6 Å². The molecule has 2 aliphatic heterocycles. The number of hydrogen-bond donors (Lipinski definition) is 0. The van der Waals surface area contributed by atoms with E-state index in [0.717, 1.165) is 12.8 Å². The Morgan fingerprint density at radius 1 is 1.16 bits per heavy atom. The van der Waals surface area contributed by atoms with Crippen molar-refractivity contribution in [2.45, 2.75) is 51.3 Å². The van der Waals surface area contributed by atoms with Crippen LogP contribution in [0.4, 0.5) is 19.4 Å². The molecule has 0 saturated carbocycles. The summed E-state index contributed by atoms with van der Waals surface area (Å²) in [5.74, 6) is -1.65. The summed E-state index contributed by atoms with van der Waals surface area (Å²) in [7, 11) is 1.25. The number of benzene rings is 1. The summed E-state index contributed by atoms with van der Waals surface area (Å²) < 4.78 is 40.7.